The van der Waals surface area contributed by atoms with E-state index in [9.17, 15) is 4.79 Å². The summed E-state index contributed by atoms with van der Waals surface area (Å²) in [7, 11) is 3.13. The number of methoxy groups -OCH3 is 2. The Morgan fingerprint density at radius 3 is 2.10 bits per heavy atom. The zero-order valence-electron chi connectivity index (χ0n) is 12.2. The number of hydrogen-bond acceptors (Lipinski definition) is 4. The van der Waals surface area contributed by atoms with Gasteiger partial charge in [-0.3, -0.25) is 0 Å². The molecule has 2 aromatic rings. The molecule has 0 fully saturated rings. The van der Waals surface area contributed by atoms with Crippen LogP contribution in [0.25, 0.3) is 0 Å². The van der Waals surface area contributed by atoms with Crippen LogP contribution < -0.4 is 14.2 Å². The average Bonchev–Trinajstić information content (AvgIpc) is 2.54. The predicted molar refractivity (Wildman–Crippen MR) is 80.1 cm³/mol. The lowest BCUT2D eigenvalue weighted by Crippen LogP contribution is -2.01. The molecule has 0 aliphatic rings. The Kier molecular flexibility index (Phi) is 5.21. The van der Waals surface area contributed by atoms with Crippen LogP contribution in [0.3, 0.4) is 0 Å². The first-order valence-electron chi connectivity index (χ1n) is 6.63. The number of benzene rings is 2. The molecule has 2 aromatic carbocycles. The van der Waals surface area contributed by atoms with E-state index in [4.69, 9.17) is 14.2 Å². The van der Waals surface area contributed by atoms with Crippen molar-refractivity contribution in [3.05, 3.63) is 53.6 Å². The molecule has 0 aromatic heterocycles. The fraction of sp³-hybridized carbons (Fsp3) is 0.235. The molecule has 4 nitrogen and oxygen atoms in total. The molecule has 0 saturated carbocycles. The minimum absolute atomic E-state index is 0.311. The van der Waals surface area contributed by atoms with Crippen molar-refractivity contribution >= 4 is 6.29 Å². The molecule has 21 heavy (non-hydrogen) atoms. The van der Waals surface area contributed by atoms with Gasteiger partial charge in [0.25, 0.3) is 0 Å². The molecule has 110 valence electrons. The molecule has 0 saturated heterocycles. The Bertz CT molecular complexity index is 568. The van der Waals surface area contributed by atoms with Crippen molar-refractivity contribution in [2.75, 3.05) is 14.2 Å². The monoisotopic (exact) mass is 286 g/mol. The fourth-order valence-corrected chi connectivity index (χ4v) is 2.02. The molecule has 0 radical (unpaired) electrons. The van der Waals surface area contributed by atoms with Crippen molar-refractivity contribution in [3.63, 3.8) is 0 Å². The van der Waals surface area contributed by atoms with Crippen LogP contribution in [0.4, 0.5) is 0 Å². The standard InChI is InChI=1S/C17H18O4/c1-19-15-10-14(8-9-18)11-16(20-2)17(15)21-12-13-6-4-3-5-7-13/h3-7,9-11H,8,12H2,1-2H3. The third kappa shape index (κ3) is 3.75. The van der Waals surface area contributed by atoms with E-state index in [2.05, 4.69) is 0 Å². The molecule has 0 unspecified atom stereocenters. The molecule has 0 heterocycles. The van der Waals surface area contributed by atoms with Crippen LogP contribution in [0.5, 0.6) is 17.2 Å². The highest BCUT2D eigenvalue weighted by Crippen LogP contribution is 2.39. The second-order valence-corrected chi connectivity index (χ2v) is 4.47. The summed E-state index contributed by atoms with van der Waals surface area (Å²) in [6.07, 6.45) is 1.16. The first-order valence-corrected chi connectivity index (χ1v) is 6.63. The summed E-state index contributed by atoms with van der Waals surface area (Å²) >= 11 is 0. The lowest BCUT2D eigenvalue weighted by molar-refractivity contribution is -0.107. The summed E-state index contributed by atoms with van der Waals surface area (Å²) in [5, 5.41) is 0. The maximum Gasteiger partial charge on any atom is 0.203 e. The van der Waals surface area contributed by atoms with E-state index in [0.717, 1.165) is 17.4 Å². The number of hydrogen-bond donors (Lipinski definition) is 0. The van der Waals surface area contributed by atoms with Gasteiger partial charge in [-0.25, -0.2) is 0 Å². The highest BCUT2D eigenvalue weighted by atomic mass is 16.5. The van der Waals surface area contributed by atoms with Crippen molar-refractivity contribution in [1.29, 1.82) is 0 Å². The normalized spacial score (nSPS) is 10.0. The number of carbonyl (C=O) groups is 1. The molecule has 2 rings (SSSR count). The Labute approximate surface area is 124 Å². The third-order valence-electron chi connectivity index (χ3n) is 3.07. The predicted octanol–water partition coefficient (Wildman–Crippen LogP) is 3.02. The van der Waals surface area contributed by atoms with Gasteiger partial charge in [-0.2, -0.15) is 0 Å². The van der Waals surface area contributed by atoms with Crippen molar-refractivity contribution in [1.82, 2.24) is 0 Å². The number of rotatable bonds is 7. The minimum atomic E-state index is 0.311. The van der Waals surface area contributed by atoms with Crippen LogP contribution in [0.15, 0.2) is 42.5 Å². The first-order chi connectivity index (χ1) is 10.3. The Hall–Kier alpha value is -2.49. The Morgan fingerprint density at radius 2 is 1.57 bits per heavy atom. The average molecular weight is 286 g/mol. The second kappa shape index (κ2) is 7.33. The molecule has 0 amide bonds. The molecule has 4 heteroatoms. The van der Waals surface area contributed by atoms with Crippen LogP contribution in [0.1, 0.15) is 11.1 Å². The van der Waals surface area contributed by atoms with Crippen LogP contribution >= 0.6 is 0 Å². The summed E-state index contributed by atoms with van der Waals surface area (Å²) in [5.41, 5.74) is 1.88. The molecule has 0 N–H and O–H groups in total. The third-order valence-corrected chi connectivity index (χ3v) is 3.07. The SMILES string of the molecule is COc1cc(CC=O)cc(OC)c1OCc1ccccc1. The van der Waals surface area contributed by atoms with Crippen molar-refractivity contribution in [3.8, 4) is 17.2 Å². The van der Waals surface area contributed by atoms with E-state index in [1.165, 1.54) is 0 Å². The van der Waals surface area contributed by atoms with Crippen molar-refractivity contribution < 1.29 is 19.0 Å². The van der Waals surface area contributed by atoms with E-state index in [0.29, 0.717) is 30.3 Å². The summed E-state index contributed by atoms with van der Waals surface area (Å²) in [6.45, 7) is 0.417. The lowest BCUT2D eigenvalue weighted by atomic mass is 10.1. The van der Waals surface area contributed by atoms with Crippen LogP contribution in [-0.2, 0) is 17.8 Å². The highest BCUT2D eigenvalue weighted by Gasteiger charge is 2.14. The molecule has 0 atom stereocenters. The Morgan fingerprint density at radius 1 is 0.952 bits per heavy atom. The molecule has 0 bridgehead atoms. The van der Waals surface area contributed by atoms with Gasteiger partial charge in [0, 0.05) is 6.42 Å². The van der Waals surface area contributed by atoms with Gasteiger partial charge in [0.05, 0.1) is 14.2 Å². The minimum Gasteiger partial charge on any atom is -0.493 e. The molecule has 0 aliphatic heterocycles. The van der Waals surface area contributed by atoms with Gasteiger partial charge < -0.3 is 19.0 Å². The number of aldehydes is 1. The molecule has 0 spiro atoms. The van der Waals surface area contributed by atoms with E-state index in [-0.39, 0.29) is 0 Å². The molecule has 0 aliphatic carbocycles. The lowest BCUT2D eigenvalue weighted by Gasteiger charge is -2.15. The van der Waals surface area contributed by atoms with E-state index in [1.54, 1.807) is 26.4 Å². The van der Waals surface area contributed by atoms with Gasteiger partial charge in [-0.05, 0) is 23.3 Å². The zero-order chi connectivity index (χ0) is 15.1. The van der Waals surface area contributed by atoms with Gasteiger partial charge >= 0.3 is 0 Å². The van der Waals surface area contributed by atoms with E-state index < -0.39 is 0 Å². The molecular formula is C17H18O4. The van der Waals surface area contributed by atoms with Crippen LogP contribution in [-0.4, -0.2) is 20.5 Å². The largest absolute Gasteiger partial charge is 0.493 e. The Balaban J connectivity index is 2.26. The first kappa shape index (κ1) is 14.9. The maximum atomic E-state index is 10.7. The van der Waals surface area contributed by atoms with Gasteiger partial charge in [0.2, 0.25) is 5.75 Å². The summed E-state index contributed by atoms with van der Waals surface area (Å²) in [5.74, 6) is 1.66. The highest BCUT2D eigenvalue weighted by molar-refractivity contribution is 5.60. The quantitative estimate of drug-likeness (QED) is 0.734. The summed E-state index contributed by atoms with van der Waals surface area (Å²) < 4.78 is 16.5. The van der Waals surface area contributed by atoms with Crippen molar-refractivity contribution in [2.45, 2.75) is 13.0 Å². The number of carbonyl (C=O) groups excluding carboxylic acids is 1. The van der Waals surface area contributed by atoms with Gasteiger partial charge in [-0.15, -0.1) is 0 Å². The van der Waals surface area contributed by atoms with Gasteiger partial charge in [0.15, 0.2) is 11.5 Å². The zero-order valence-corrected chi connectivity index (χ0v) is 12.2. The van der Waals surface area contributed by atoms with Crippen LogP contribution in [0.2, 0.25) is 0 Å². The van der Waals surface area contributed by atoms with Crippen molar-refractivity contribution in [2.24, 2.45) is 0 Å². The maximum absolute atomic E-state index is 10.7. The summed E-state index contributed by atoms with van der Waals surface area (Å²) in [6, 6.07) is 13.4. The fourth-order valence-electron chi connectivity index (χ4n) is 2.02. The van der Waals surface area contributed by atoms with Crippen LogP contribution in [0, 0.1) is 0 Å². The summed E-state index contributed by atoms with van der Waals surface area (Å²) in [4.78, 5) is 10.7. The van der Waals surface area contributed by atoms with E-state index in [1.807, 2.05) is 30.3 Å². The topological polar surface area (TPSA) is 44.8 Å². The van der Waals surface area contributed by atoms with E-state index >= 15 is 0 Å². The second-order valence-electron chi connectivity index (χ2n) is 4.47. The molecular weight excluding hydrogens is 268 g/mol. The van der Waals surface area contributed by atoms with Gasteiger partial charge in [-0.1, -0.05) is 30.3 Å². The number of ether oxygens (including phenoxy) is 3. The van der Waals surface area contributed by atoms with Gasteiger partial charge in [0.1, 0.15) is 12.9 Å². The smallest absolute Gasteiger partial charge is 0.203 e.